The van der Waals surface area contributed by atoms with Gasteiger partial charge in [-0.2, -0.15) is 0 Å². The number of benzene rings is 2. The molecule has 1 amide bonds. The van der Waals surface area contributed by atoms with E-state index in [4.69, 9.17) is 16.3 Å². The van der Waals surface area contributed by atoms with Crippen molar-refractivity contribution in [3.8, 4) is 5.75 Å². The summed E-state index contributed by atoms with van der Waals surface area (Å²) in [4.78, 5) is 12.0. The van der Waals surface area contributed by atoms with Crippen molar-refractivity contribution in [2.75, 3.05) is 12.4 Å². The molecular formula is C16H16ClNO2. The van der Waals surface area contributed by atoms with E-state index >= 15 is 0 Å². The number of anilines is 1. The molecule has 0 aliphatic rings. The van der Waals surface area contributed by atoms with Crippen LogP contribution in [-0.2, 0) is 11.2 Å². The van der Waals surface area contributed by atoms with Crippen LogP contribution in [0.4, 0.5) is 5.69 Å². The molecule has 2 rings (SSSR count). The topological polar surface area (TPSA) is 38.3 Å². The van der Waals surface area contributed by atoms with E-state index in [2.05, 4.69) is 5.32 Å². The zero-order valence-corrected chi connectivity index (χ0v) is 12.2. The van der Waals surface area contributed by atoms with Gasteiger partial charge in [-0.3, -0.25) is 4.79 Å². The van der Waals surface area contributed by atoms with Gasteiger partial charge in [0.1, 0.15) is 5.75 Å². The summed E-state index contributed by atoms with van der Waals surface area (Å²) in [6.07, 6.45) is 0.315. The molecule has 0 radical (unpaired) electrons. The molecule has 20 heavy (non-hydrogen) atoms. The molecule has 104 valence electrons. The molecule has 0 spiro atoms. The molecule has 0 heterocycles. The predicted octanol–water partition coefficient (Wildman–Crippen LogP) is 3.84. The number of ether oxygens (including phenoxy) is 1. The van der Waals surface area contributed by atoms with Crippen LogP contribution in [-0.4, -0.2) is 13.0 Å². The molecule has 0 aromatic heterocycles. The maximum atomic E-state index is 12.0. The van der Waals surface area contributed by atoms with Gasteiger partial charge in [0, 0.05) is 5.02 Å². The number of methoxy groups -OCH3 is 1. The number of halogens is 1. The highest BCUT2D eigenvalue weighted by molar-refractivity contribution is 6.31. The minimum atomic E-state index is -0.102. The van der Waals surface area contributed by atoms with Crippen molar-refractivity contribution in [2.24, 2.45) is 0 Å². The van der Waals surface area contributed by atoms with Gasteiger partial charge in [0.25, 0.3) is 0 Å². The van der Waals surface area contributed by atoms with Gasteiger partial charge in [0.05, 0.1) is 19.2 Å². The van der Waals surface area contributed by atoms with E-state index < -0.39 is 0 Å². The second-order valence-corrected chi connectivity index (χ2v) is 4.99. The third kappa shape index (κ3) is 3.75. The highest BCUT2D eigenvalue weighted by Crippen LogP contribution is 2.27. The molecule has 0 fully saturated rings. The monoisotopic (exact) mass is 289 g/mol. The van der Waals surface area contributed by atoms with Gasteiger partial charge in [-0.1, -0.05) is 41.4 Å². The maximum Gasteiger partial charge on any atom is 0.228 e. The first-order chi connectivity index (χ1) is 9.58. The Hall–Kier alpha value is -2.00. The lowest BCUT2D eigenvalue weighted by atomic mass is 10.1. The highest BCUT2D eigenvalue weighted by Gasteiger charge is 2.09. The normalized spacial score (nSPS) is 10.2. The summed E-state index contributed by atoms with van der Waals surface area (Å²) in [5.74, 6) is 0.487. The Morgan fingerprint density at radius 3 is 2.55 bits per heavy atom. The molecular weight excluding hydrogens is 274 g/mol. The first kappa shape index (κ1) is 14.4. The van der Waals surface area contributed by atoms with E-state index in [0.717, 1.165) is 5.56 Å². The summed E-state index contributed by atoms with van der Waals surface area (Å²) in [5.41, 5.74) is 2.72. The van der Waals surface area contributed by atoms with E-state index in [0.29, 0.717) is 22.9 Å². The van der Waals surface area contributed by atoms with Gasteiger partial charge < -0.3 is 10.1 Å². The number of aryl methyl sites for hydroxylation is 1. The summed E-state index contributed by atoms with van der Waals surface area (Å²) in [6.45, 7) is 2.01. The Labute approximate surface area is 123 Å². The van der Waals surface area contributed by atoms with E-state index in [1.807, 2.05) is 31.2 Å². The van der Waals surface area contributed by atoms with E-state index in [-0.39, 0.29) is 5.91 Å². The van der Waals surface area contributed by atoms with E-state index in [1.54, 1.807) is 25.3 Å². The minimum absolute atomic E-state index is 0.102. The first-order valence-corrected chi connectivity index (χ1v) is 6.65. The van der Waals surface area contributed by atoms with Gasteiger partial charge in [-0.25, -0.2) is 0 Å². The smallest absolute Gasteiger partial charge is 0.228 e. The first-order valence-electron chi connectivity index (χ1n) is 6.27. The van der Waals surface area contributed by atoms with Crippen molar-refractivity contribution in [3.63, 3.8) is 0 Å². The molecule has 0 aliphatic carbocycles. The zero-order chi connectivity index (χ0) is 14.5. The van der Waals surface area contributed by atoms with Crippen molar-refractivity contribution < 1.29 is 9.53 Å². The molecule has 4 heteroatoms. The van der Waals surface area contributed by atoms with Crippen LogP contribution in [0.1, 0.15) is 11.1 Å². The van der Waals surface area contributed by atoms with Crippen LogP contribution in [0.15, 0.2) is 42.5 Å². The summed E-state index contributed by atoms with van der Waals surface area (Å²) >= 11 is 5.93. The number of rotatable bonds is 4. The van der Waals surface area contributed by atoms with E-state index in [9.17, 15) is 4.79 Å². The Bertz CT molecular complexity index is 608. The second-order valence-electron chi connectivity index (χ2n) is 4.56. The Morgan fingerprint density at radius 1 is 1.20 bits per heavy atom. The number of hydrogen-bond acceptors (Lipinski definition) is 2. The van der Waals surface area contributed by atoms with Gasteiger partial charge >= 0.3 is 0 Å². The molecule has 3 nitrogen and oxygen atoms in total. The lowest BCUT2D eigenvalue weighted by Gasteiger charge is -2.10. The predicted molar refractivity (Wildman–Crippen MR) is 81.5 cm³/mol. The molecule has 2 aromatic rings. The Morgan fingerprint density at radius 2 is 1.90 bits per heavy atom. The molecule has 0 saturated heterocycles. The standard InChI is InChI=1S/C16H16ClNO2/c1-11-3-5-12(6-4-11)9-16(19)18-14-10-13(17)7-8-15(14)20-2/h3-8,10H,9H2,1-2H3,(H,18,19). The molecule has 0 saturated carbocycles. The maximum absolute atomic E-state index is 12.0. The van der Waals surface area contributed by atoms with Crippen molar-refractivity contribution >= 4 is 23.2 Å². The number of hydrogen-bond donors (Lipinski definition) is 1. The van der Waals surface area contributed by atoms with Gasteiger partial charge in [-0.15, -0.1) is 0 Å². The molecule has 2 aromatic carbocycles. The number of amides is 1. The van der Waals surface area contributed by atoms with Gasteiger partial charge in [-0.05, 0) is 30.7 Å². The molecule has 0 bridgehead atoms. The largest absolute Gasteiger partial charge is 0.495 e. The summed E-state index contributed by atoms with van der Waals surface area (Å²) in [7, 11) is 1.55. The highest BCUT2D eigenvalue weighted by atomic mass is 35.5. The lowest BCUT2D eigenvalue weighted by Crippen LogP contribution is -2.15. The summed E-state index contributed by atoms with van der Waals surface area (Å²) in [6, 6.07) is 13.0. The second kappa shape index (κ2) is 6.44. The third-order valence-electron chi connectivity index (χ3n) is 2.92. The molecule has 1 N–H and O–H groups in total. The van der Waals surface area contributed by atoms with Crippen LogP contribution in [0.2, 0.25) is 5.02 Å². The van der Waals surface area contributed by atoms with Crippen LogP contribution < -0.4 is 10.1 Å². The van der Waals surface area contributed by atoms with Crippen LogP contribution >= 0.6 is 11.6 Å². The fraction of sp³-hybridized carbons (Fsp3) is 0.188. The fourth-order valence-electron chi connectivity index (χ4n) is 1.86. The quantitative estimate of drug-likeness (QED) is 0.929. The Balaban J connectivity index is 2.08. The SMILES string of the molecule is COc1ccc(Cl)cc1NC(=O)Cc1ccc(C)cc1. The van der Waals surface area contributed by atoms with Crippen LogP contribution in [0.25, 0.3) is 0 Å². The third-order valence-corrected chi connectivity index (χ3v) is 3.16. The van der Waals surface area contributed by atoms with Crippen LogP contribution in [0.5, 0.6) is 5.75 Å². The Kier molecular flexibility index (Phi) is 4.64. The molecule has 0 atom stereocenters. The van der Waals surface area contributed by atoms with Crippen molar-refractivity contribution in [1.82, 2.24) is 0 Å². The lowest BCUT2D eigenvalue weighted by molar-refractivity contribution is -0.115. The average molecular weight is 290 g/mol. The summed E-state index contributed by atoms with van der Waals surface area (Å²) in [5, 5.41) is 3.37. The fourth-order valence-corrected chi connectivity index (χ4v) is 2.04. The summed E-state index contributed by atoms with van der Waals surface area (Å²) < 4.78 is 5.19. The van der Waals surface area contributed by atoms with Crippen LogP contribution in [0.3, 0.4) is 0 Å². The van der Waals surface area contributed by atoms with Gasteiger partial charge in [0.2, 0.25) is 5.91 Å². The number of nitrogens with one attached hydrogen (secondary N) is 1. The van der Waals surface area contributed by atoms with Crippen molar-refractivity contribution in [3.05, 3.63) is 58.6 Å². The number of carbonyl (C=O) groups excluding carboxylic acids is 1. The van der Waals surface area contributed by atoms with E-state index in [1.165, 1.54) is 5.56 Å². The average Bonchev–Trinajstić information content (AvgIpc) is 2.41. The van der Waals surface area contributed by atoms with Crippen molar-refractivity contribution in [1.29, 1.82) is 0 Å². The number of carbonyl (C=O) groups is 1. The minimum Gasteiger partial charge on any atom is -0.495 e. The van der Waals surface area contributed by atoms with Crippen molar-refractivity contribution in [2.45, 2.75) is 13.3 Å². The van der Waals surface area contributed by atoms with Crippen LogP contribution in [0, 0.1) is 6.92 Å². The molecule has 0 unspecified atom stereocenters. The van der Waals surface area contributed by atoms with Gasteiger partial charge in [0.15, 0.2) is 0 Å². The molecule has 0 aliphatic heterocycles. The zero-order valence-electron chi connectivity index (χ0n) is 11.4.